The normalized spacial score (nSPS) is 13.3. The van der Waals surface area contributed by atoms with Gasteiger partial charge in [-0.1, -0.05) is 42.5 Å². The summed E-state index contributed by atoms with van der Waals surface area (Å²) >= 11 is 0. The van der Waals surface area contributed by atoms with Crippen molar-refractivity contribution in [3.05, 3.63) is 66.0 Å². The number of amides is 2. The van der Waals surface area contributed by atoms with E-state index in [4.69, 9.17) is 9.47 Å². The van der Waals surface area contributed by atoms with E-state index in [2.05, 4.69) is 10.6 Å². The quantitative estimate of drug-likeness (QED) is 0.725. The molecule has 29 heavy (non-hydrogen) atoms. The van der Waals surface area contributed by atoms with Gasteiger partial charge in [-0.2, -0.15) is 0 Å². The van der Waals surface area contributed by atoms with Crippen molar-refractivity contribution in [2.75, 3.05) is 5.32 Å². The largest absolute Gasteiger partial charge is 0.444 e. The summed E-state index contributed by atoms with van der Waals surface area (Å²) in [6.07, 6.45) is -1.46. The molecule has 0 saturated carbocycles. The summed E-state index contributed by atoms with van der Waals surface area (Å²) in [5, 5.41) is 5.02. The maximum absolute atomic E-state index is 13.9. The molecule has 0 bridgehead atoms. The highest BCUT2D eigenvalue weighted by Gasteiger charge is 2.30. The van der Waals surface area contributed by atoms with Crippen LogP contribution in [0, 0.1) is 5.82 Å². The van der Waals surface area contributed by atoms with Crippen molar-refractivity contribution < 1.29 is 23.5 Å². The van der Waals surface area contributed by atoms with Gasteiger partial charge < -0.3 is 20.1 Å². The van der Waals surface area contributed by atoms with Crippen LogP contribution >= 0.6 is 0 Å². The molecular formula is C22H27FN2O4. The van der Waals surface area contributed by atoms with E-state index >= 15 is 0 Å². The number of benzene rings is 2. The van der Waals surface area contributed by atoms with Gasteiger partial charge in [-0.05, 0) is 45.4 Å². The van der Waals surface area contributed by atoms with E-state index in [1.54, 1.807) is 33.8 Å². The van der Waals surface area contributed by atoms with Gasteiger partial charge in [0.15, 0.2) is 0 Å². The van der Waals surface area contributed by atoms with E-state index in [1.165, 1.54) is 18.2 Å². The minimum Gasteiger partial charge on any atom is -0.444 e. The lowest BCUT2D eigenvalue weighted by molar-refractivity contribution is -0.122. The molecule has 2 aromatic carbocycles. The summed E-state index contributed by atoms with van der Waals surface area (Å²) in [5.74, 6) is -1.18. The highest BCUT2D eigenvalue weighted by Crippen LogP contribution is 2.15. The number of alkyl carbamates (subject to hydrolysis) is 1. The molecule has 0 unspecified atom stereocenters. The summed E-state index contributed by atoms with van der Waals surface area (Å²) in [4.78, 5) is 25.0. The van der Waals surface area contributed by atoms with Crippen LogP contribution in [0.25, 0.3) is 0 Å². The van der Waals surface area contributed by atoms with Gasteiger partial charge in [0.25, 0.3) is 0 Å². The van der Waals surface area contributed by atoms with Crippen LogP contribution in [0.1, 0.15) is 33.3 Å². The standard InChI is InChI=1S/C22H27FN2O4/c1-15(28-14-16-10-6-5-7-11-16)19(25-21(27)29-22(2,3)4)20(26)24-18-13-9-8-12-17(18)23/h5-13,15,19H,14H2,1-4H3,(H,24,26)(H,25,27)/t15-,19-/m1/s1. The minimum atomic E-state index is -1.09. The Morgan fingerprint density at radius 2 is 1.66 bits per heavy atom. The summed E-state index contributed by atoms with van der Waals surface area (Å²) in [5.41, 5.74) is 0.207. The summed E-state index contributed by atoms with van der Waals surface area (Å²) in [6.45, 7) is 7.07. The van der Waals surface area contributed by atoms with Crippen LogP contribution in [0.3, 0.4) is 0 Å². The molecule has 2 aromatic rings. The molecule has 2 amide bonds. The van der Waals surface area contributed by atoms with Crippen molar-refractivity contribution in [2.24, 2.45) is 0 Å². The van der Waals surface area contributed by atoms with Gasteiger partial charge in [-0.15, -0.1) is 0 Å². The molecule has 0 radical (unpaired) electrons. The number of nitrogens with one attached hydrogen (secondary N) is 2. The topological polar surface area (TPSA) is 76.7 Å². The first-order valence-corrected chi connectivity index (χ1v) is 9.36. The van der Waals surface area contributed by atoms with E-state index < -0.39 is 35.6 Å². The number of rotatable bonds is 7. The Labute approximate surface area is 170 Å². The summed E-state index contributed by atoms with van der Waals surface area (Å²) < 4.78 is 24.9. The number of hydrogen-bond donors (Lipinski definition) is 2. The van der Waals surface area contributed by atoms with E-state index in [-0.39, 0.29) is 12.3 Å². The smallest absolute Gasteiger partial charge is 0.408 e. The second-order valence-electron chi connectivity index (χ2n) is 7.59. The Balaban J connectivity index is 2.11. The molecule has 0 heterocycles. The third kappa shape index (κ3) is 7.54. The molecule has 2 atom stereocenters. The van der Waals surface area contributed by atoms with Crippen molar-refractivity contribution in [2.45, 2.75) is 52.0 Å². The van der Waals surface area contributed by atoms with Gasteiger partial charge in [0.05, 0.1) is 18.4 Å². The van der Waals surface area contributed by atoms with Crippen LogP contribution in [-0.4, -0.2) is 29.7 Å². The van der Waals surface area contributed by atoms with Crippen LogP contribution in [0.4, 0.5) is 14.9 Å². The second kappa shape index (κ2) is 10.0. The SMILES string of the molecule is C[C@@H](OCc1ccccc1)[C@@H](NC(=O)OC(C)(C)C)C(=O)Nc1ccccc1F. The minimum absolute atomic E-state index is 0.0174. The van der Waals surface area contributed by atoms with Crippen molar-refractivity contribution in [3.8, 4) is 0 Å². The third-order valence-corrected chi connectivity index (χ3v) is 3.91. The Morgan fingerprint density at radius 1 is 1.03 bits per heavy atom. The van der Waals surface area contributed by atoms with E-state index in [0.717, 1.165) is 5.56 Å². The van der Waals surface area contributed by atoms with Gasteiger partial charge >= 0.3 is 6.09 Å². The van der Waals surface area contributed by atoms with E-state index in [1.807, 2.05) is 30.3 Å². The molecule has 0 aliphatic rings. The fourth-order valence-electron chi connectivity index (χ4n) is 2.50. The van der Waals surface area contributed by atoms with Gasteiger partial charge in [-0.3, -0.25) is 4.79 Å². The Morgan fingerprint density at radius 3 is 2.28 bits per heavy atom. The number of carbonyl (C=O) groups excluding carboxylic acids is 2. The number of carbonyl (C=O) groups is 2. The lowest BCUT2D eigenvalue weighted by Crippen LogP contribution is -2.52. The van der Waals surface area contributed by atoms with Crippen LogP contribution in [0.15, 0.2) is 54.6 Å². The molecule has 2 N–H and O–H groups in total. The fraction of sp³-hybridized carbons (Fsp3) is 0.364. The molecular weight excluding hydrogens is 375 g/mol. The lowest BCUT2D eigenvalue weighted by Gasteiger charge is -2.27. The summed E-state index contributed by atoms with van der Waals surface area (Å²) in [6, 6.07) is 14.1. The van der Waals surface area contributed by atoms with Crippen molar-refractivity contribution in [3.63, 3.8) is 0 Å². The molecule has 0 saturated heterocycles. The van der Waals surface area contributed by atoms with E-state index in [0.29, 0.717) is 0 Å². The molecule has 0 aliphatic heterocycles. The zero-order valence-electron chi connectivity index (χ0n) is 17.1. The number of halogens is 1. The molecule has 0 fully saturated rings. The maximum Gasteiger partial charge on any atom is 0.408 e. The molecule has 7 heteroatoms. The molecule has 156 valence electrons. The van der Waals surface area contributed by atoms with Gasteiger partial charge in [0.2, 0.25) is 5.91 Å². The lowest BCUT2D eigenvalue weighted by atomic mass is 10.1. The number of hydrogen-bond acceptors (Lipinski definition) is 4. The molecule has 0 aromatic heterocycles. The molecule has 6 nitrogen and oxygen atoms in total. The van der Waals surface area contributed by atoms with Crippen LogP contribution in [0.5, 0.6) is 0 Å². The zero-order valence-corrected chi connectivity index (χ0v) is 17.1. The van der Waals surface area contributed by atoms with Crippen LogP contribution in [-0.2, 0) is 20.9 Å². The predicted molar refractivity (Wildman–Crippen MR) is 109 cm³/mol. The first-order chi connectivity index (χ1) is 13.7. The van der Waals surface area contributed by atoms with Crippen LogP contribution < -0.4 is 10.6 Å². The fourth-order valence-corrected chi connectivity index (χ4v) is 2.50. The maximum atomic E-state index is 13.9. The monoisotopic (exact) mass is 402 g/mol. The second-order valence-corrected chi connectivity index (χ2v) is 7.59. The predicted octanol–water partition coefficient (Wildman–Crippen LogP) is 4.26. The van der Waals surface area contributed by atoms with Gasteiger partial charge in [-0.25, -0.2) is 9.18 Å². The van der Waals surface area contributed by atoms with Crippen molar-refractivity contribution in [1.29, 1.82) is 0 Å². The van der Waals surface area contributed by atoms with Crippen LogP contribution in [0.2, 0.25) is 0 Å². The van der Waals surface area contributed by atoms with Crippen molar-refractivity contribution in [1.82, 2.24) is 5.32 Å². The van der Waals surface area contributed by atoms with Gasteiger partial charge in [0, 0.05) is 0 Å². The first kappa shape index (κ1) is 22.4. The average molecular weight is 402 g/mol. The highest BCUT2D eigenvalue weighted by molar-refractivity contribution is 5.97. The highest BCUT2D eigenvalue weighted by atomic mass is 19.1. The number of anilines is 1. The Bertz CT molecular complexity index is 821. The first-order valence-electron chi connectivity index (χ1n) is 9.36. The van der Waals surface area contributed by atoms with Crippen molar-refractivity contribution >= 4 is 17.7 Å². The average Bonchev–Trinajstić information content (AvgIpc) is 2.65. The third-order valence-electron chi connectivity index (χ3n) is 3.91. The Hall–Kier alpha value is -2.93. The Kier molecular flexibility index (Phi) is 7.73. The van der Waals surface area contributed by atoms with E-state index in [9.17, 15) is 14.0 Å². The van der Waals surface area contributed by atoms with Gasteiger partial charge in [0.1, 0.15) is 17.5 Å². The number of para-hydroxylation sites is 1. The molecule has 2 rings (SSSR count). The zero-order chi connectivity index (χ0) is 21.4. The molecule has 0 spiro atoms. The molecule has 0 aliphatic carbocycles. The number of ether oxygens (including phenoxy) is 2. The summed E-state index contributed by atoms with van der Waals surface area (Å²) in [7, 11) is 0.